The number of aromatic hydroxyl groups is 1. The van der Waals surface area contributed by atoms with Crippen molar-refractivity contribution in [3.63, 3.8) is 0 Å². The number of piperidine rings is 2. The minimum absolute atomic E-state index is 0.107. The normalized spacial score (nSPS) is 24.0. The van der Waals surface area contributed by atoms with Crippen LogP contribution in [-0.4, -0.2) is 151 Å². The number of amides is 5. The number of fused-ring (bicyclic) bond motifs is 2. The van der Waals surface area contributed by atoms with Crippen LogP contribution in [0.5, 0.6) is 5.75 Å². The van der Waals surface area contributed by atoms with Crippen LogP contribution in [0.1, 0.15) is 52.0 Å². The zero-order valence-corrected chi connectivity index (χ0v) is 31.9. The second-order valence-electron chi connectivity index (χ2n) is 15.5. The second-order valence-corrected chi connectivity index (χ2v) is 15.5. The number of benzene rings is 2. The molecule has 0 aliphatic carbocycles. The fourth-order valence-corrected chi connectivity index (χ4v) is 8.53. The molecule has 0 saturated carbocycles. The molecule has 2 aromatic carbocycles. The number of phenols is 1. The molecule has 4 fully saturated rings. The van der Waals surface area contributed by atoms with Gasteiger partial charge in [0, 0.05) is 95.4 Å². The molecule has 56 heavy (non-hydrogen) atoms. The van der Waals surface area contributed by atoms with Crippen molar-refractivity contribution in [1.82, 2.24) is 35.1 Å². The minimum Gasteiger partial charge on any atom is -0.507 e. The van der Waals surface area contributed by atoms with E-state index < -0.39 is 23.8 Å². The second kappa shape index (κ2) is 16.6. The lowest BCUT2D eigenvalue weighted by Gasteiger charge is -2.45. The number of hydrogen-bond donors (Lipinski definition) is 5. The first-order chi connectivity index (χ1) is 27.0. The quantitative estimate of drug-likeness (QED) is 0.188. The Bertz CT molecular complexity index is 1920. The number of piperazine rings is 2. The van der Waals surface area contributed by atoms with E-state index in [1.807, 2.05) is 23.1 Å². The van der Waals surface area contributed by atoms with Gasteiger partial charge in [0.1, 0.15) is 17.6 Å². The highest BCUT2D eigenvalue weighted by molar-refractivity contribution is 6.23. The highest BCUT2D eigenvalue weighted by Gasteiger charge is 2.45. The Kier molecular flexibility index (Phi) is 11.5. The molecule has 6 heterocycles. The van der Waals surface area contributed by atoms with Gasteiger partial charge in [-0.2, -0.15) is 0 Å². The number of para-hydroxylation sites is 1. The molecule has 6 aliphatic rings. The summed E-state index contributed by atoms with van der Waals surface area (Å²) in [5, 5.41) is 15.4. The number of hydrogen-bond acceptors (Lipinski definition) is 13. The molecule has 5 amide bonds. The maximum absolute atomic E-state index is 13.1. The summed E-state index contributed by atoms with van der Waals surface area (Å²) in [5.41, 5.74) is 15.9. The van der Waals surface area contributed by atoms with E-state index in [0.29, 0.717) is 40.2 Å². The number of carbonyl (C=O) groups is 5. The van der Waals surface area contributed by atoms with E-state index in [-0.39, 0.29) is 24.5 Å². The van der Waals surface area contributed by atoms with Gasteiger partial charge in [-0.1, -0.05) is 12.1 Å². The number of rotatable bonds is 7. The van der Waals surface area contributed by atoms with Gasteiger partial charge in [-0.15, -0.1) is 0 Å². The summed E-state index contributed by atoms with van der Waals surface area (Å²) in [6.07, 6.45) is 5.14. The number of carbonyl (C=O) groups excluding carboxylic acids is 5. The third kappa shape index (κ3) is 8.16. The molecular formula is C40H52N10O6. The Labute approximate surface area is 326 Å². The summed E-state index contributed by atoms with van der Waals surface area (Å²) >= 11 is 0. The zero-order valence-electron chi connectivity index (χ0n) is 31.9. The number of nitrogens with two attached hydrogens (primary N) is 2. The number of imide groups is 2. The van der Waals surface area contributed by atoms with E-state index in [9.17, 15) is 29.1 Å². The smallest absolute Gasteiger partial charge is 0.262 e. The lowest BCUT2D eigenvalue weighted by Crippen LogP contribution is -2.58. The van der Waals surface area contributed by atoms with E-state index in [4.69, 9.17) is 11.5 Å². The number of phenolic OH excluding ortho intramolecular Hbond substituents is 1. The van der Waals surface area contributed by atoms with Crippen molar-refractivity contribution in [2.75, 3.05) is 83.9 Å². The number of likely N-dealkylation sites (tertiary alicyclic amines) is 1. The molecule has 2 unspecified atom stereocenters. The predicted octanol–water partition coefficient (Wildman–Crippen LogP) is 0.117. The van der Waals surface area contributed by atoms with E-state index in [2.05, 4.69) is 37.3 Å². The van der Waals surface area contributed by atoms with E-state index in [0.717, 1.165) is 108 Å². The van der Waals surface area contributed by atoms with Crippen LogP contribution >= 0.6 is 0 Å². The summed E-state index contributed by atoms with van der Waals surface area (Å²) in [6, 6.07) is 11.8. The fraction of sp³-hybridized carbons (Fsp3) is 0.475. The van der Waals surface area contributed by atoms with Gasteiger partial charge in [-0.05, 0) is 68.6 Å². The summed E-state index contributed by atoms with van der Waals surface area (Å²) in [6.45, 7) is 9.95. The van der Waals surface area contributed by atoms with Crippen molar-refractivity contribution in [2.45, 2.75) is 37.8 Å². The van der Waals surface area contributed by atoms with Gasteiger partial charge in [0.05, 0.1) is 22.9 Å². The molecule has 2 aromatic rings. The van der Waals surface area contributed by atoms with Crippen molar-refractivity contribution in [3.8, 4) is 5.75 Å². The molecule has 0 aromatic heterocycles. The van der Waals surface area contributed by atoms with Crippen LogP contribution in [-0.2, 0) is 14.4 Å². The molecule has 6 aliphatic heterocycles. The van der Waals surface area contributed by atoms with Crippen molar-refractivity contribution in [3.05, 3.63) is 76.7 Å². The van der Waals surface area contributed by atoms with Crippen molar-refractivity contribution in [1.29, 1.82) is 0 Å². The molecule has 0 radical (unpaired) electrons. The highest BCUT2D eigenvalue weighted by Crippen LogP contribution is 2.32. The summed E-state index contributed by atoms with van der Waals surface area (Å²) in [5.74, 6) is -0.509. The van der Waals surface area contributed by atoms with Gasteiger partial charge in [-0.3, -0.25) is 39.1 Å². The monoisotopic (exact) mass is 768 g/mol. The van der Waals surface area contributed by atoms with Crippen LogP contribution in [0.3, 0.4) is 0 Å². The maximum atomic E-state index is 13.1. The van der Waals surface area contributed by atoms with Crippen LogP contribution in [0, 0.1) is 5.92 Å². The van der Waals surface area contributed by atoms with E-state index >= 15 is 0 Å². The molecule has 7 N–H and O–H groups in total. The van der Waals surface area contributed by atoms with Gasteiger partial charge < -0.3 is 41.5 Å². The third-order valence-electron chi connectivity index (χ3n) is 11.8. The molecule has 0 spiro atoms. The van der Waals surface area contributed by atoms with Crippen LogP contribution in [0.4, 0.5) is 5.69 Å². The molecular weight excluding hydrogens is 717 g/mol. The maximum Gasteiger partial charge on any atom is 0.262 e. The summed E-state index contributed by atoms with van der Waals surface area (Å²) in [4.78, 5) is 72.7. The minimum atomic E-state index is -0.949. The zero-order chi connectivity index (χ0) is 39.5. The van der Waals surface area contributed by atoms with Crippen LogP contribution in [0.15, 0.2) is 60.1 Å². The molecule has 16 nitrogen and oxygen atoms in total. The molecule has 0 bridgehead atoms. The molecule has 4 saturated heterocycles. The predicted molar refractivity (Wildman–Crippen MR) is 210 cm³/mol. The first-order valence-corrected chi connectivity index (χ1v) is 19.5. The lowest BCUT2D eigenvalue weighted by atomic mass is 9.96. The number of anilines is 1. The Morgan fingerprint density at radius 1 is 0.911 bits per heavy atom. The molecule has 8 rings (SSSR count). The number of nitrogens with zero attached hydrogens (tertiary/aromatic N) is 6. The number of likely N-dealkylation sites (N-methyl/N-ethyl adjacent to an activating group) is 1. The first kappa shape index (κ1) is 38.7. The topological polar surface area (TPSA) is 201 Å². The van der Waals surface area contributed by atoms with Crippen molar-refractivity contribution in [2.24, 2.45) is 17.4 Å². The average Bonchev–Trinajstić information content (AvgIpc) is 3.44. The van der Waals surface area contributed by atoms with Gasteiger partial charge in [0.15, 0.2) is 0 Å². The lowest BCUT2D eigenvalue weighted by molar-refractivity contribution is -0.136. The van der Waals surface area contributed by atoms with Gasteiger partial charge in [-0.25, -0.2) is 0 Å². The summed E-state index contributed by atoms with van der Waals surface area (Å²) < 4.78 is 0. The standard InChI is InChI=1S/C24H29N5O5.C16H23N5O/c30-15-27-7-5-16(6-8-27)14-26-9-11-28(12-10-26)17-1-2-18-19(13-17)24(34)29(23(18)33)20-3-4-21(31)25-22(20)32;1-20-6-7-21-11(10-20)9-19-16(18)14(21)8-13(17)12-4-2-3-5-15(12)22/h1-2,13,15-16,20H,3-12,14H2,(H,25,31,32);2-5,8,11,19,22H,6-7,9-10,17-18H2,1H3/b;13-8-. The largest absolute Gasteiger partial charge is 0.507 e. The average molecular weight is 769 g/mol. The molecule has 16 heteroatoms. The molecule has 2 atom stereocenters. The fourth-order valence-electron chi connectivity index (χ4n) is 8.53. The van der Waals surface area contributed by atoms with Gasteiger partial charge >= 0.3 is 0 Å². The Morgan fingerprint density at radius 3 is 2.36 bits per heavy atom. The number of nitrogens with one attached hydrogen (secondary N) is 2. The van der Waals surface area contributed by atoms with Crippen molar-refractivity contribution >= 4 is 41.4 Å². The SMILES string of the molecule is CN1CCN2C(/C=C(\N)c3ccccc3O)=C(N)NCC2C1.O=CN1CCC(CN2CCN(c3ccc4c(c3)C(=O)N(C3CCC(=O)NC3=O)C4=O)CC2)CC1. The number of allylic oxidation sites excluding steroid dienone is 1. The Morgan fingerprint density at radius 2 is 1.64 bits per heavy atom. The van der Waals surface area contributed by atoms with Gasteiger partial charge in [0.2, 0.25) is 18.2 Å². The van der Waals surface area contributed by atoms with Crippen molar-refractivity contribution < 1.29 is 29.1 Å². The van der Waals surface area contributed by atoms with Crippen LogP contribution in [0.2, 0.25) is 0 Å². The third-order valence-corrected chi connectivity index (χ3v) is 11.8. The van der Waals surface area contributed by atoms with E-state index in [1.165, 1.54) is 0 Å². The van der Waals surface area contributed by atoms with Gasteiger partial charge in [0.25, 0.3) is 11.8 Å². The molecule has 298 valence electrons. The summed E-state index contributed by atoms with van der Waals surface area (Å²) in [7, 11) is 2.13. The Hall–Kier alpha value is -5.61. The van der Waals surface area contributed by atoms with E-state index in [1.54, 1.807) is 30.3 Å². The van der Waals surface area contributed by atoms with Crippen LogP contribution < -0.4 is 27.0 Å². The highest BCUT2D eigenvalue weighted by atomic mass is 16.3. The van der Waals surface area contributed by atoms with Crippen LogP contribution in [0.25, 0.3) is 5.70 Å². The Balaban J connectivity index is 0.000000189. The first-order valence-electron chi connectivity index (χ1n) is 19.5.